The number of carbonyl (C=O) groups is 1. The molecule has 1 aliphatic carbocycles. The molecule has 0 bridgehead atoms. The van der Waals surface area contributed by atoms with Crippen LogP contribution in [0.3, 0.4) is 0 Å². The third kappa shape index (κ3) is 4.68. The molecule has 1 fully saturated rings. The highest BCUT2D eigenvalue weighted by atomic mass is 79.9. The molecule has 2 aromatic rings. The predicted octanol–water partition coefficient (Wildman–Crippen LogP) is 4.46. The molecular weight excluding hydrogens is 412 g/mol. The van der Waals surface area contributed by atoms with Crippen molar-refractivity contribution < 1.29 is 4.79 Å². The van der Waals surface area contributed by atoms with Crippen LogP contribution in [0.15, 0.2) is 46.3 Å². The van der Waals surface area contributed by atoms with Gasteiger partial charge in [-0.15, -0.1) is 0 Å². The second kappa shape index (κ2) is 8.74. The highest BCUT2D eigenvalue weighted by Gasteiger charge is 2.32. The first-order valence-corrected chi connectivity index (χ1v) is 10.5. The number of benzene rings is 1. The van der Waals surface area contributed by atoms with Crippen LogP contribution in [0.5, 0.6) is 0 Å². The predicted molar refractivity (Wildman–Crippen MR) is 106 cm³/mol. The molecule has 3 rings (SSSR count). The molecular formula is C19H21BrN4OS. The Morgan fingerprint density at radius 1 is 1.27 bits per heavy atom. The fourth-order valence-electron chi connectivity index (χ4n) is 3.22. The standard InChI is InChI=1S/C19H21BrN4OS/c20-15-5-7-16(8-6-15)24-12-11-22-18(24)26-13-17(25)23-19(14-21)9-3-1-2-4-10-19/h5-8,11-12H,1-4,9-10,13H2,(H,23,25). The number of amides is 1. The summed E-state index contributed by atoms with van der Waals surface area (Å²) in [6, 6.07) is 10.3. The topological polar surface area (TPSA) is 70.7 Å². The summed E-state index contributed by atoms with van der Waals surface area (Å²) in [7, 11) is 0. The van der Waals surface area contributed by atoms with Gasteiger partial charge in [-0.05, 0) is 37.1 Å². The third-order valence-electron chi connectivity index (χ3n) is 4.59. The molecule has 5 nitrogen and oxygen atoms in total. The normalized spacial score (nSPS) is 16.5. The molecule has 1 aromatic heterocycles. The number of nitrogens with zero attached hydrogens (tertiary/aromatic N) is 3. The zero-order chi connectivity index (χ0) is 18.4. The van der Waals surface area contributed by atoms with Crippen molar-refractivity contribution in [2.75, 3.05) is 5.75 Å². The van der Waals surface area contributed by atoms with Crippen LogP contribution in [0.1, 0.15) is 38.5 Å². The van der Waals surface area contributed by atoms with Gasteiger partial charge in [-0.2, -0.15) is 5.26 Å². The number of nitriles is 1. The van der Waals surface area contributed by atoms with Crippen LogP contribution in [0, 0.1) is 11.3 Å². The van der Waals surface area contributed by atoms with Crippen molar-refractivity contribution in [3.63, 3.8) is 0 Å². The minimum absolute atomic E-state index is 0.108. The van der Waals surface area contributed by atoms with E-state index in [1.807, 2.05) is 35.0 Å². The Labute approximate surface area is 166 Å². The van der Waals surface area contributed by atoms with Gasteiger partial charge in [0, 0.05) is 22.6 Å². The molecule has 0 radical (unpaired) electrons. The van der Waals surface area contributed by atoms with E-state index < -0.39 is 5.54 Å². The van der Waals surface area contributed by atoms with Gasteiger partial charge in [-0.3, -0.25) is 9.36 Å². The Kier molecular flexibility index (Phi) is 6.38. The number of hydrogen-bond acceptors (Lipinski definition) is 4. The Morgan fingerprint density at radius 3 is 2.62 bits per heavy atom. The minimum Gasteiger partial charge on any atom is -0.337 e. The third-order valence-corrected chi connectivity index (χ3v) is 6.09. The molecule has 1 amide bonds. The summed E-state index contributed by atoms with van der Waals surface area (Å²) >= 11 is 4.81. The molecule has 1 aromatic carbocycles. The van der Waals surface area contributed by atoms with Crippen LogP contribution < -0.4 is 5.32 Å². The average molecular weight is 433 g/mol. The van der Waals surface area contributed by atoms with E-state index in [0.717, 1.165) is 53.8 Å². The number of aromatic nitrogens is 2. The van der Waals surface area contributed by atoms with Gasteiger partial charge in [0.2, 0.25) is 5.91 Å². The van der Waals surface area contributed by atoms with Gasteiger partial charge in [0.15, 0.2) is 5.16 Å². The number of halogens is 1. The largest absolute Gasteiger partial charge is 0.337 e. The molecule has 26 heavy (non-hydrogen) atoms. The summed E-state index contributed by atoms with van der Waals surface area (Å²) in [6.45, 7) is 0. The van der Waals surface area contributed by atoms with E-state index >= 15 is 0 Å². The molecule has 1 N–H and O–H groups in total. The maximum absolute atomic E-state index is 12.4. The van der Waals surface area contributed by atoms with E-state index in [4.69, 9.17) is 0 Å². The molecule has 1 saturated carbocycles. The van der Waals surface area contributed by atoms with Crippen LogP contribution >= 0.6 is 27.7 Å². The summed E-state index contributed by atoms with van der Waals surface area (Å²) in [5, 5.41) is 13.3. The molecule has 0 unspecified atom stereocenters. The van der Waals surface area contributed by atoms with Crippen molar-refractivity contribution in [2.45, 2.75) is 49.2 Å². The quantitative estimate of drug-likeness (QED) is 0.558. The molecule has 1 aliphatic rings. The van der Waals surface area contributed by atoms with Crippen LogP contribution in [0.25, 0.3) is 5.69 Å². The first-order chi connectivity index (χ1) is 12.6. The Balaban J connectivity index is 1.62. The Bertz CT molecular complexity index is 789. The SMILES string of the molecule is N#CC1(NC(=O)CSc2nccn2-c2ccc(Br)cc2)CCCCCC1. The lowest BCUT2D eigenvalue weighted by Crippen LogP contribution is -2.47. The van der Waals surface area contributed by atoms with Crippen molar-refractivity contribution >= 4 is 33.6 Å². The second-order valence-corrected chi connectivity index (χ2v) is 8.36. The first kappa shape index (κ1) is 19.0. The fraction of sp³-hybridized carbons (Fsp3) is 0.421. The van der Waals surface area contributed by atoms with Gasteiger partial charge >= 0.3 is 0 Å². The summed E-state index contributed by atoms with van der Waals surface area (Å²) in [6.07, 6.45) is 9.36. The van der Waals surface area contributed by atoms with E-state index in [1.165, 1.54) is 11.8 Å². The molecule has 0 aliphatic heterocycles. The number of hydrogen-bond donors (Lipinski definition) is 1. The Morgan fingerprint density at radius 2 is 1.96 bits per heavy atom. The summed E-state index contributed by atoms with van der Waals surface area (Å²) < 4.78 is 2.97. The van der Waals surface area contributed by atoms with E-state index in [1.54, 1.807) is 6.20 Å². The number of carbonyl (C=O) groups excluding carboxylic acids is 1. The highest BCUT2D eigenvalue weighted by molar-refractivity contribution is 9.10. The van der Waals surface area contributed by atoms with E-state index in [9.17, 15) is 10.1 Å². The molecule has 1 heterocycles. The first-order valence-electron chi connectivity index (χ1n) is 8.76. The van der Waals surface area contributed by atoms with Crippen molar-refractivity contribution in [3.8, 4) is 11.8 Å². The lowest BCUT2D eigenvalue weighted by molar-refractivity contribution is -0.120. The van der Waals surface area contributed by atoms with Crippen molar-refractivity contribution in [1.29, 1.82) is 5.26 Å². The number of imidazole rings is 1. The van der Waals surface area contributed by atoms with Gasteiger partial charge in [0.25, 0.3) is 0 Å². The van der Waals surface area contributed by atoms with Gasteiger partial charge < -0.3 is 5.32 Å². The zero-order valence-electron chi connectivity index (χ0n) is 14.4. The molecule has 0 spiro atoms. The van der Waals surface area contributed by atoms with Crippen LogP contribution in [-0.4, -0.2) is 26.8 Å². The van der Waals surface area contributed by atoms with E-state index in [-0.39, 0.29) is 11.7 Å². The molecule has 7 heteroatoms. The lowest BCUT2D eigenvalue weighted by Gasteiger charge is -2.26. The minimum atomic E-state index is -0.699. The smallest absolute Gasteiger partial charge is 0.231 e. The zero-order valence-corrected chi connectivity index (χ0v) is 16.9. The molecule has 0 atom stereocenters. The number of thioether (sulfide) groups is 1. The van der Waals surface area contributed by atoms with E-state index in [0.29, 0.717) is 0 Å². The van der Waals surface area contributed by atoms with E-state index in [2.05, 4.69) is 32.3 Å². The highest BCUT2D eigenvalue weighted by Crippen LogP contribution is 2.27. The number of nitrogens with one attached hydrogen (secondary N) is 1. The van der Waals surface area contributed by atoms with Crippen molar-refractivity contribution in [3.05, 3.63) is 41.1 Å². The second-order valence-electron chi connectivity index (χ2n) is 6.50. The monoisotopic (exact) mass is 432 g/mol. The van der Waals surface area contributed by atoms with Crippen LogP contribution in [0.4, 0.5) is 0 Å². The van der Waals surface area contributed by atoms with Gasteiger partial charge in [0.1, 0.15) is 5.54 Å². The Hall–Kier alpha value is -1.78. The van der Waals surface area contributed by atoms with Crippen LogP contribution in [0.2, 0.25) is 0 Å². The molecule has 136 valence electrons. The van der Waals surface area contributed by atoms with Crippen molar-refractivity contribution in [2.24, 2.45) is 0 Å². The summed E-state index contributed by atoms with van der Waals surface area (Å²) in [4.78, 5) is 16.8. The van der Waals surface area contributed by atoms with Crippen molar-refractivity contribution in [1.82, 2.24) is 14.9 Å². The molecule has 0 saturated heterocycles. The van der Waals surface area contributed by atoms with Gasteiger partial charge in [0.05, 0.1) is 11.8 Å². The summed E-state index contributed by atoms with van der Waals surface area (Å²) in [5.41, 5.74) is 0.292. The van der Waals surface area contributed by atoms with Gasteiger partial charge in [-0.1, -0.05) is 53.4 Å². The maximum atomic E-state index is 12.4. The fourth-order valence-corrected chi connectivity index (χ4v) is 4.26. The summed E-state index contributed by atoms with van der Waals surface area (Å²) in [5.74, 6) is 0.139. The average Bonchev–Trinajstić information content (AvgIpc) is 2.99. The number of rotatable bonds is 5. The van der Waals surface area contributed by atoms with Crippen LogP contribution in [-0.2, 0) is 4.79 Å². The maximum Gasteiger partial charge on any atom is 0.231 e. The lowest BCUT2D eigenvalue weighted by atomic mass is 9.92. The van der Waals surface area contributed by atoms with Gasteiger partial charge in [-0.25, -0.2) is 4.98 Å².